The van der Waals surface area contributed by atoms with E-state index < -0.39 is 17.2 Å². The Morgan fingerprint density at radius 2 is 1.81 bits per heavy atom. The second-order valence-electron chi connectivity index (χ2n) is 8.16. The van der Waals surface area contributed by atoms with E-state index in [0.717, 1.165) is 0 Å². The first-order chi connectivity index (χ1) is 14.7. The number of amides is 1. The second-order valence-corrected chi connectivity index (χ2v) is 8.16. The van der Waals surface area contributed by atoms with Gasteiger partial charge >= 0.3 is 5.69 Å². The molecular weight excluding hydrogens is 398 g/mol. The summed E-state index contributed by atoms with van der Waals surface area (Å²) in [4.78, 5) is 43.2. The number of nitrogens with two attached hydrogens (primary N) is 1. The van der Waals surface area contributed by atoms with Gasteiger partial charge in [-0.25, -0.2) is 4.79 Å². The number of para-hydroxylation sites is 1. The van der Waals surface area contributed by atoms with E-state index in [4.69, 9.17) is 5.73 Å². The average Bonchev–Trinajstić information content (AvgIpc) is 3.20. The maximum Gasteiger partial charge on any atom is 0.330 e. The average molecular weight is 425 g/mol. The highest BCUT2D eigenvalue weighted by Crippen LogP contribution is 2.21. The van der Waals surface area contributed by atoms with Crippen LogP contribution < -0.4 is 21.9 Å². The van der Waals surface area contributed by atoms with Gasteiger partial charge in [0.2, 0.25) is 0 Å². The molecule has 3 rings (SSSR count). The van der Waals surface area contributed by atoms with Crippen molar-refractivity contribution in [1.82, 2.24) is 24.5 Å². The summed E-state index contributed by atoms with van der Waals surface area (Å²) in [5.41, 5.74) is 5.60. The predicted molar refractivity (Wildman–Crippen MR) is 118 cm³/mol. The van der Waals surface area contributed by atoms with Crippen LogP contribution in [0.2, 0.25) is 0 Å². The minimum Gasteiger partial charge on any atom is -0.383 e. The van der Waals surface area contributed by atoms with E-state index in [0.29, 0.717) is 12.2 Å². The van der Waals surface area contributed by atoms with Crippen molar-refractivity contribution in [1.29, 1.82) is 0 Å². The van der Waals surface area contributed by atoms with Crippen molar-refractivity contribution in [2.75, 3.05) is 17.2 Å². The first kappa shape index (κ1) is 22.0. The molecule has 0 saturated carbocycles. The zero-order valence-corrected chi connectivity index (χ0v) is 18.1. The van der Waals surface area contributed by atoms with Gasteiger partial charge in [-0.05, 0) is 24.0 Å². The lowest BCUT2D eigenvalue weighted by Gasteiger charge is -2.25. The van der Waals surface area contributed by atoms with Crippen LogP contribution in [-0.4, -0.2) is 37.0 Å². The molecule has 0 saturated heterocycles. The summed E-state index contributed by atoms with van der Waals surface area (Å²) in [6.07, 6.45) is 1.34. The molecule has 0 aliphatic heterocycles. The summed E-state index contributed by atoms with van der Waals surface area (Å²) in [5, 5.41) is 8.44. The molecule has 0 aliphatic rings. The molecule has 0 unspecified atom stereocenters. The minimum atomic E-state index is -0.716. The maximum absolute atomic E-state index is 13.4. The lowest BCUT2D eigenvalue weighted by Crippen LogP contribution is -2.43. The molecule has 0 bridgehead atoms. The van der Waals surface area contributed by atoms with Crippen LogP contribution in [0, 0.1) is 11.8 Å². The van der Waals surface area contributed by atoms with Gasteiger partial charge in [0.25, 0.3) is 11.5 Å². The number of H-pyrrole nitrogens is 1. The lowest BCUT2D eigenvalue weighted by molar-refractivity contribution is 0.0978. The Morgan fingerprint density at radius 1 is 1.13 bits per heavy atom. The number of benzene rings is 1. The van der Waals surface area contributed by atoms with Gasteiger partial charge in [-0.3, -0.25) is 24.0 Å². The van der Waals surface area contributed by atoms with Crippen LogP contribution in [0.5, 0.6) is 0 Å². The molecule has 0 radical (unpaired) electrons. The van der Waals surface area contributed by atoms with Crippen LogP contribution in [0.3, 0.4) is 0 Å². The second kappa shape index (κ2) is 8.99. The summed E-state index contributed by atoms with van der Waals surface area (Å²) < 4.78 is 1.28. The van der Waals surface area contributed by atoms with E-state index in [9.17, 15) is 14.4 Å². The highest BCUT2D eigenvalue weighted by molar-refractivity contribution is 6.05. The van der Waals surface area contributed by atoms with E-state index in [2.05, 4.69) is 15.2 Å². The standard InChI is InChI=1S/C21H27N7O3/c1-13(2)11-26(17-18(22)27(12-14(3)4)21(31)24-19(17)29)20(30)16-10-23-28(25-16)15-8-6-5-7-9-15/h5-10,13-14H,11-12,22H2,1-4H3,(H,24,29,31). The number of carbonyl (C=O) groups excluding carboxylic acids is 1. The number of anilines is 2. The molecule has 0 aliphatic carbocycles. The number of nitrogen functional groups attached to an aromatic ring is 1. The summed E-state index contributed by atoms with van der Waals surface area (Å²) in [6.45, 7) is 8.20. The molecule has 10 nitrogen and oxygen atoms in total. The first-order valence-corrected chi connectivity index (χ1v) is 10.1. The Balaban J connectivity index is 2.08. The van der Waals surface area contributed by atoms with Crippen molar-refractivity contribution in [3.05, 3.63) is 63.1 Å². The van der Waals surface area contributed by atoms with Gasteiger partial charge in [0, 0.05) is 13.1 Å². The SMILES string of the molecule is CC(C)CN(C(=O)c1cnn(-c2ccccc2)n1)c1c(N)n(CC(C)C)c(=O)[nH]c1=O. The van der Waals surface area contributed by atoms with Crippen molar-refractivity contribution < 1.29 is 4.79 Å². The van der Waals surface area contributed by atoms with Gasteiger partial charge < -0.3 is 5.73 Å². The molecule has 1 amide bonds. The van der Waals surface area contributed by atoms with Crippen LogP contribution in [0.1, 0.15) is 38.2 Å². The van der Waals surface area contributed by atoms with Crippen molar-refractivity contribution >= 4 is 17.4 Å². The lowest BCUT2D eigenvalue weighted by atomic mass is 10.2. The summed E-state index contributed by atoms with van der Waals surface area (Å²) in [6, 6.07) is 9.16. The van der Waals surface area contributed by atoms with Gasteiger partial charge in [-0.2, -0.15) is 9.90 Å². The van der Waals surface area contributed by atoms with Crippen molar-refractivity contribution in [2.45, 2.75) is 34.2 Å². The number of nitrogens with zero attached hydrogens (tertiary/aromatic N) is 5. The van der Waals surface area contributed by atoms with Crippen LogP contribution in [0.4, 0.5) is 11.5 Å². The molecular formula is C21H27N7O3. The largest absolute Gasteiger partial charge is 0.383 e. The predicted octanol–water partition coefficient (Wildman–Crippen LogP) is 1.66. The number of hydrogen-bond acceptors (Lipinski definition) is 6. The molecule has 0 fully saturated rings. The molecule has 2 heterocycles. The highest BCUT2D eigenvalue weighted by atomic mass is 16.2. The Bertz CT molecular complexity index is 1180. The topological polar surface area (TPSA) is 132 Å². The third kappa shape index (κ3) is 4.73. The Kier molecular flexibility index (Phi) is 6.38. The number of nitrogens with one attached hydrogen (secondary N) is 1. The molecule has 3 N–H and O–H groups in total. The van der Waals surface area contributed by atoms with Crippen molar-refractivity contribution in [2.24, 2.45) is 11.8 Å². The fourth-order valence-electron chi connectivity index (χ4n) is 3.21. The zero-order valence-electron chi connectivity index (χ0n) is 18.1. The van der Waals surface area contributed by atoms with Gasteiger partial charge in [-0.15, -0.1) is 5.10 Å². The Hall–Kier alpha value is -3.69. The molecule has 2 aromatic heterocycles. The molecule has 31 heavy (non-hydrogen) atoms. The smallest absolute Gasteiger partial charge is 0.330 e. The number of rotatable bonds is 7. The Labute approximate surface area is 179 Å². The van der Waals surface area contributed by atoms with Gasteiger partial charge in [0.15, 0.2) is 11.4 Å². The van der Waals surface area contributed by atoms with Gasteiger partial charge in [0.1, 0.15) is 5.82 Å². The van der Waals surface area contributed by atoms with E-state index in [1.165, 1.54) is 20.5 Å². The van der Waals surface area contributed by atoms with E-state index in [1.54, 1.807) is 0 Å². The van der Waals surface area contributed by atoms with E-state index >= 15 is 0 Å². The molecule has 10 heteroatoms. The van der Waals surface area contributed by atoms with Gasteiger partial charge in [-0.1, -0.05) is 45.9 Å². The zero-order chi connectivity index (χ0) is 22.7. The van der Waals surface area contributed by atoms with Crippen LogP contribution in [-0.2, 0) is 6.54 Å². The van der Waals surface area contributed by atoms with E-state index in [-0.39, 0.29) is 35.6 Å². The Morgan fingerprint density at radius 3 is 2.42 bits per heavy atom. The van der Waals surface area contributed by atoms with Crippen LogP contribution in [0.25, 0.3) is 5.69 Å². The van der Waals surface area contributed by atoms with E-state index in [1.807, 2.05) is 58.0 Å². The normalized spacial score (nSPS) is 11.3. The van der Waals surface area contributed by atoms with Crippen molar-refractivity contribution in [3.8, 4) is 5.69 Å². The molecule has 1 aromatic carbocycles. The fraction of sp³-hybridized carbons (Fsp3) is 0.381. The molecule has 0 spiro atoms. The number of aromatic nitrogens is 5. The van der Waals surface area contributed by atoms with Gasteiger partial charge in [0.05, 0.1) is 11.9 Å². The van der Waals surface area contributed by atoms with Crippen LogP contribution in [0.15, 0.2) is 46.1 Å². The molecule has 0 atom stereocenters. The quantitative estimate of drug-likeness (QED) is 0.592. The fourth-order valence-corrected chi connectivity index (χ4v) is 3.21. The molecule has 164 valence electrons. The monoisotopic (exact) mass is 425 g/mol. The summed E-state index contributed by atoms with van der Waals surface area (Å²) in [5.74, 6) is -0.439. The highest BCUT2D eigenvalue weighted by Gasteiger charge is 2.28. The summed E-state index contributed by atoms with van der Waals surface area (Å²) >= 11 is 0. The number of aromatic amines is 1. The first-order valence-electron chi connectivity index (χ1n) is 10.1. The van der Waals surface area contributed by atoms with Crippen molar-refractivity contribution in [3.63, 3.8) is 0 Å². The third-order valence-electron chi connectivity index (χ3n) is 4.52. The number of carbonyl (C=O) groups is 1. The maximum atomic E-state index is 13.4. The third-order valence-corrected chi connectivity index (χ3v) is 4.52. The summed E-state index contributed by atoms with van der Waals surface area (Å²) in [7, 11) is 0. The van der Waals surface area contributed by atoms with Crippen LogP contribution >= 0.6 is 0 Å². The number of hydrogen-bond donors (Lipinski definition) is 2. The minimum absolute atomic E-state index is 0.0254. The molecule has 3 aromatic rings.